The second-order valence-corrected chi connectivity index (χ2v) is 7.92. The highest BCUT2D eigenvalue weighted by Crippen LogP contribution is 2.41. The average Bonchev–Trinajstić information content (AvgIpc) is 3.07. The number of nitrogen functional groups attached to an aromatic ring is 1. The van der Waals surface area contributed by atoms with Gasteiger partial charge in [-0.25, -0.2) is 4.98 Å². The molecule has 5 nitrogen and oxygen atoms in total. The van der Waals surface area contributed by atoms with Crippen LogP contribution in [0.5, 0.6) is 11.5 Å². The largest absolute Gasteiger partial charge is 0.497 e. The molecule has 0 aliphatic rings. The lowest BCUT2D eigenvalue weighted by molar-refractivity contribution is 0.415. The van der Waals surface area contributed by atoms with Crippen molar-refractivity contribution in [2.75, 3.05) is 31.4 Å². The maximum atomic E-state index is 6.48. The number of anilines is 3. The van der Waals surface area contributed by atoms with Crippen LogP contribution in [0, 0.1) is 6.92 Å². The molecule has 0 amide bonds. The Bertz CT molecular complexity index is 974. The molecule has 0 atom stereocenters. The van der Waals surface area contributed by atoms with Crippen LogP contribution < -0.4 is 20.1 Å². The van der Waals surface area contributed by atoms with Gasteiger partial charge in [0.25, 0.3) is 0 Å². The third-order valence-electron chi connectivity index (χ3n) is 4.39. The number of methoxy groups -OCH3 is 2. The third kappa shape index (κ3) is 4.03. The molecule has 0 saturated carbocycles. The predicted octanol–water partition coefficient (Wildman–Crippen LogP) is 5.92. The first kappa shape index (κ1) is 20.3. The van der Waals surface area contributed by atoms with Crippen LogP contribution in [0.3, 0.4) is 0 Å². The van der Waals surface area contributed by atoms with Crippen molar-refractivity contribution in [3.63, 3.8) is 0 Å². The number of halogens is 1. The lowest BCUT2D eigenvalue weighted by Gasteiger charge is -2.23. The molecule has 2 aromatic carbocycles. The molecule has 0 radical (unpaired) electrons. The summed E-state index contributed by atoms with van der Waals surface area (Å²) in [7, 11) is 3.29. The van der Waals surface area contributed by atoms with Crippen LogP contribution in [-0.4, -0.2) is 25.7 Å². The first-order valence-electron chi connectivity index (χ1n) is 9.00. The van der Waals surface area contributed by atoms with Gasteiger partial charge in [-0.3, -0.25) is 0 Å². The molecule has 0 saturated heterocycles. The van der Waals surface area contributed by atoms with Gasteiger partial charge in [-0.15, -0.1) is 11.3 Å². The van der Waals surface area contributed by atoms with Gasteiger partial charge in [0.1, 0.15) is 11.5 Å². The lowest BCUT2D eigenvalue weighted by atomic mass is 10.1. The first-order valence-corrected chi connectivity index (χ1v) is 10.2. The molecule has 3 rings (SSSR count). The van der Waals surface area contributed by atoms with E-state index in [4.69, 9.17) is 31.8 Å². The van der Waals surface area contributed by atoms with E-state index in [0.29, 0.717) is 10.7 Å². The maximum absolute atomic E-state index is 6.48. The molecule has 0 aliphatic carbocycles. The summed E-state index contributed by atoms with van der Waals surface area (Å²) in [6.07, 6.45) is 0.954. The molecule has 7 heteroatoms. The number of thiazole rings is 1. The molecule has 148 valence electrons. The van der Waals surface area contributed by atoms with Crippen LogP contribution in [0.1, 0.15) is 18.2 Å². The minimum Gasteiger partial charge on any atom is -0.497 e. The fourth-order valence-corrected chi connectivity index (χ4v) is 4.25. The summed E-state index contributed by atoms with van der Waals surface area (Å²) in [4.78, 5) is 8.16. The van der Waals surface area contributed by atoms with Crippen LogP contribution in [-0.2, 0) is 0 Å². The molecule has 0 fully saturated rings. The van der Waals surface area contributed by atoms with Gasteiger partial charge in [-0.05, 0) is 49.7 Å². The minimum absolute atomic E-state index is 0.614. The van der Waals surface area contributed by atoms with E-state index in [9.17, 15) is 0 Å². The fraction of sp³-hybridized carbons (Fsp3) is 0.286. The zero-order chi connectivity index (χ0) is 20.3. The maximum Gasteiger partial charge on any atom is 0.190 e. The van der Waals surface area contributed by atoms with Gasteiger partial charge in [-0.1, -0.05) is 18.5 Å². The van der Waals surface area contributed by atoms with Crippen molar-refractivity contribution in [3.8, 4) is 22.8 Å². The monoisotopic (exact) mass is 417 g/mol. The van der Waals surface area contributed by atoms with Crippen LogP contribution >= 0.6 is 22.9 Å². The number of aromatic nitrogens is 1. The number of nitrogens with zero attached hydrogens (tertiary/aromatic N) is 2. The zero-order valence-electron chi connectivity index (χ0n) is 16.5. The molecule has 2 N–H and O–H groups in total. The number of nitrogens with two attached hydrogens (primary N) is 1. The van der Waals surface area contributed by atoms with E-state index < -0.39 is 0 Å². The molecule has 0 aliphatic heterocycles. The lowest BCUT2D eigenvalue weighted by Crippen LogP contribution is -2.18. The molecule has 0 spiro atoms. The summed E-state index contributed by atoms with van der Waals surface area (Å²) < 4.78 is 10.8. The Morgan fingerprint density at radius 3 is 2.57 bits per heavy atom. The Morgan fingerprint density at radius 1 is 1.14 bits per heavy atom. The fourth-order valence-electron chi connectivity index (χ4n) is 3.02. The second-order valence-electron chi connectivity index (χ2n) is 6.33. The molecular formula is C21H24ClN3O2S. The van der Waals surface area contributed by atoms with Crippen molar-refractivity contribution >= 4 is 39.4 Å². The van der Waals surface area contributed by atoms with Gasteiger partial charge in [0.05, 0.1) is 30.6 Å². The van der Waals surface area contributed by atoms with Gasteiger partial charge in [0, 0.05) is 22.7 Å². The van der Waals surface area contributed by atoms with Gasteiger partial charge in [-0.2, -0.15) is 0 Å². The van der Waals surface area contributed by atoms with Gasteiger partial charge in [0.15, 0.2) is 5.13 Å². The number of hydrogen-bond donors (Lipinski definition) is 1. The summed E-state index contributed by atoms with van der Waals surface area (Å²) in [6.45, 7) is 4.98. The minimum atomic E-state index is 0.614. The molecule has 28 heavy (non-hydrogen) atoms. The van der Waals surface area contributed by atoms with Crippen molar-refractivity contribution in [2.45, 2.75) is 20.3 Å². The van der Waals surface area contributed by atoms with Crippen molar-refractivity contribution in [3.05, 3.63) is 46.3 Å². The Morgan fingerprint density at radius 2 is 1.93 bits per heavy atom. The van der Waals surface area contributed by atoms with E-state index in [2.05, 4.69) is 18.7 Å². The Hall–Kier alpha value is -2.44. The topological polar surface area (TPSA) is 60.6 Å². The first-order chi connectivity index (χ1) is 13.5. The third-order valence-corrected chi connectivity index (χ3v) is 5.69. The van der Waals surface area contributed by atoms with Crippen molar-refractivity contribution in [1.82, 2.24) is 4.98 Å². The summed E-state index contributed by atoms with van der Waals surface area (Å²) >= 11 is 8.11. The highest BCUT2D eigenvalue weighted by Gasteiger charge is 2.21. The van der Waals surface area contributed by atoms with Crippen molar-refractivity contribution in [2.24, 2.45) is 0 Å². The SMILES string of the molecule is CCCN(c1nc(-c2ccc(OC)cc2Cl)c(C)s1)c1cc(N)ccc1OC. The molecule has 1 aromatic heterocycles. The summed E-state index contributed by atoms with van der Waals surface area (Å²) in [5, 5.41) is 1.49. The van der Waals surface area contributed by atoms with Gasteiger partial charge < -0.3 is 20.1 Å². The second kappa shape index (κ2) is 8.71. The Kier molecular flexibility index (Phi) is 6.31. The number of hydrogen-bond acceptors (Lipinski definition) is 6. The Labute approximate surface area is 174 Å². The highest BCUT2D eigenvalue weighted by molar-refractivity contribution is 7.16. The molecule has 0 bridgehead atoms. The van der Waals surface area contributed by atoms with E-state index >= 15 is 0 Å². The number of ether oxygens (including phenoxy) is 2. The van der Waals surface area contributed by atoms with Crippen LogP contribution in [0.25, 0.3) is 11.3 Å². The molecular weight excluding hydrogens is 394 g/mol. The average molecular weight is 418 g/mol. The van der Waals surface area contributed by atoms with Crippen molar-refractivity contribution < 1.29 is 9.47 Å². The van der Waals surface area contributed by atoms with E-state index in [0.717, 1.165) is 51.4 Å². The van der Waals surface area contributed by atoms with Crippen LogP contribution in [0.4, 0.5) is 16.5 Å². The summed E-state index contributed by atoms with van der Waals surface area (Å²) in [5.41, 5.74) is 9.39. The highest BCUT2D eigenvalue weighted by atomic mass is 35.5. The van der Waals surface area contributed by atoms with E-state index in [1.54, 1.807) is 31.6 Å². The van der Waals surface area contributed by atoms with Gasteiger partial charge >= 0.3 is 0 Å². The summed E-state index contributed by atoms with van der Waals surface area (Å²) in [5.74, 6) is 1.48. The molecule has 0 unspecified atom stereocenters. The van der Waals surface area contributed by atoms with Crippen molar-refractivity contribution in [1.29, 1.82) is 0 Å². The predicted molar refractivity (Wildman–Crippen MR) is 119 cm³/mol. The smallest absolute Gasteiger partial charge is 0.190 e. The molecule has 1 heterocycles. The van der Waals surface area contributed by atoms with Gasteiger partial charge in [0.2, 0.25) is 0 Å². The quantitative estimate of drug-likeness (QED) is 0.483. The molecule has 3 aromatic rings. The van der Waals surface area contributed by atoms with E-state index in [1.807, 2.05) is 30.3 Å². The normalized spacial score (nSPS) is 10.8. The number of aryl methyl sites for hydroxylation is 1. The zero-order valence-corrected chi connectivity index (χ0v) is 18.0. The van der Waals surface area contributed by atoms with Crippen LogP contribution in [0.15, 0.2) is 36.4 Å². The van der Waals surface area contributed by atoms with E-state index in [-0.39, 0.29) is 0 Å². The number of rotatable bonds is 7. The van der Waals surface area contributed by atoms with E-state index in [1.165, 1.54) is 0 Å². The number of benzene rings is 2. The van der Waals surface area contributed by atoms with Crippen LogP contribution in [0.2, 0.25) is 5.02 Å². The summed E-state index contributed by atoms with van der Waals surface area (Å²) in [6, 6.07) is 11.3. The standard InChI is InChI=1S/C21H24ClN3O2S/c1-5-10-25(18-11-14(23)6-9-19(18)27-4)21-24-20(13(2)28-21)16-8-7-15(26-3)12-17(16)22/h6-9,11-12H,5,10,23H2,1-4H3. The Balaban J connectivity index is 2.07.